The van der Waals surface area contributed by atoms with Crippen LogP contribution in [-0.4, -0.2) is 30.0 Å². The highest BCUT2D eigenvalue weighted by atomic mass is 19.1. The van der Waals surface area contributed by atoms with E-state index in [1.165, 1.54) is 24.5 Å². The summed E-state index contributed by atoms with van der Waals surface area (Å²) >= 11 is 0. The van der Waals surface area contributed by atoms with Crippen LogP contribution in [0, 0.1) is 5.82 Å². The summed E-state index contributed by atoms with van der Waals surface area (Å²) in [7, 11) is 3.66. The zero-order chi connectivity index (χ0) is 16.1. The predicted octanol–water partition coefficient (Wildman–Crippen LogP) is 2.56. The molecule has 2 aromatic rings. The summed E-state index contributed by atoms with van der Waals surface area (Å²) in [5, 5.41) is 2.91. The van der Waals surface area contributed by atoms with Gasteiger partial charge in [-0.2, -0.15) is 0 Å². The van der Waals surface area contributed by atoms with Crippen molar-refractivity contribution in [2.24, 2.45) is 0 Å². The molecular weight excluding hydrogens is 283 g/mol. The molecule has 0 radical (unpaired) electrons. The quantitative estimate of drug-likeness (QED) is 0.922. The molecule has 2 rings (SSSR count). The molecule has 22 heavy (non-hydrogen) atoms. The third kappa shape index (κ3) is 3.78. The first-order valence-electron chi connectivity index (χ1n) is 7.07. The molecule has 0 unspecified atom stereocenters. The van der Waals surface area contributed by atoms with Crippen molar-refractivity contribution >= 4 is 11.9 Å². The maximum atomic E-state index is 13.0. The van der Waals surface area contributed by atoms with Gasteiger partial charge in [-0.1, -0.05) is 19.1 Å². The SMILES string of the molecule is CC[C@@H](NC(=O)c1cnc(N(C)C)nc1)c1ccc(F)cc1. The summed E-state index contributed by atoms with van der Waals surface area (Å²) in [4.78, 5) is 22.3. The van der Waals surface area contributed by atoms with Gasteiger partial charge in [0.2, 0.25) is 5.95 Å². The van der Waals surface area contributed by atoms with Gasteiger partial charge in [0.25, 0.3) is 5.91 Å². The van der Waals surface area contributed by atoms with Crippen molar-refractivity contribution in [1.29, 1.82) is 0 Å². The molecule has 1 N–H and O–H groups in total. The van der Waals surface area contributed by atoms with Crippen molar-refractivity contribution in [3.63, 3.8) is 0 Å². The Morgan fingerprint density at radius 2 is 1.82 bits per heavy atom. The largest absolute Gasteiger partial charge is 0.347 e. The zero-order valence-electron chi connectivity index (χ0n) is 12.9. The number of hydrogen-bond acceptors (Lipinski definition) is 4. The van der Waals surface area contributed by atoms with Crippen molar-refractivity contribution in [3.05, 3.63) is 53.6 Å². The maximum absolute atomic E-state index is 13.0. The van der Waals surface area contributed by atoms with E-state index < -0.39 is 0 Å². The Hall–Kier alpha value is -2.50. The lowest BCUT2D eigenvalue weighted by atomic mass is 10.0. The summed E-state index contributed by atoms with van der Waals surface area (Å²) in [6.45, 7) is 1.96. The number of aromatic nitrogens is 2. The Bertz CT molecular complexity index is 626. The minimum absolute atomic E-state index is 0.179. The van der Waals surface area contributed by atoms with Gasteiger partial charge in [0.1, 0.15) is 5.82 Å². The maximum Gasteiger partial charge on any atom is 0.254 e. The number of nitrogens with one attached hydrogen (secondary N) is 1. The number of rotatable bonds is 5. The molecule has 1 amide bonds. The fraction of sp³-hybridized carbons (Fsp3) is 0.312. The molecular formula is C16H19FN4O. The minimum Gasteiger partial charge on any atom is -0.347 e. The Balaban J connectivity index is 2.10. The topological polar surface area (TPSA) is 58.1 Å². The van der Waals surface area contributed by atoms with Crippen LogP contribution in [0.5, 0.6) is 0 Å². The van der Waals surface area contributed by atoms with Crippen molar-refractivity contribution in [2.75, 3.05) is 19.0 Å². The van der Waals surface area contributed by atoms with Crippen LogP contribution in [0.3, 0.4) is 0 Å². The number of benzene rings is 1. The second-order valence-electron chi connectivity index (χ2n) is 5.15. The van der Waals surface area contributed by atoms with Gasteiger partial charge in [0, 0.05) is 26.5 Å². The van der Waals surface area contributed by atoms with Gasteiger partial charge in [0.05, 0.1) is 11.6 Å². The number of carbonyl (C=O) groups excluding carboxylic acids is 1. The molecule has 0 aliphatic rings. The van der Waals surface area contributed by atoms with Gasteiger partial charge < -0.3 is 10.2 Å². The molecule has 0 spiro atoms. The molecule has 0 saturated heterocycles. The normalized spacial score (nSPS) is 11.8. The molecule has 1 aromatic carbocycles. The standard InChI is InChI=1S/C16H19FN4O/c1-4-14(11-5-7-13(17)8-6-11)20-15(22)12-9-18-16(19-10-12)21(2)3/h5-10,14H,4H2,1-3H3,(H,20,22)/t14-/m1/s1. The lowest BCUT2D eigenvalue weighted by Crippen LogP contribution is -2.28. The first kappa shape index (κ1) is 15.9. The highest BCUT2D eigenvalue weighted by Crippen LogP contribution is 2.17. The number of halogens is 1. The number of anilines is 1. The van der Waals surface area contributed by atoms with E-state index in [1.807, 2.05) is 21.0 Å². The molecule has 5 nitrogen and oxygen atoms in total. The first-order valence-corrected chi connectivity index (χ1v) is 7.07. The fourth-order valence-electron chi connectivity index (χ4n) is 2.03. The van der Waals surface area contributed by atoms with Crippen LogP contribution in [0.1, 0.15) is 35.3 Å². The van der Waals surface area contributed by atoms with Gasteiger partial charge in [-0.05, 0) is 24.1 Å². The van der Waals surface area contributed by atoms with E-state index in [9.17, 15) is 9.18 Å². The van der Waals surface area contributed by atoms with Gasteiger partial charge in [0.15, 0.2) is 0 Å². The van der Waals surface area contributed by atoms with Gasteiger partial charge in [-0.25, -0.2) is 14.4 Å². The van der Waals surface area contributed by atoms with E-state index in [2.05, 4.69) is 15.3 Å². The summed E-state index contributed by atoms with van der Waals surface area (Å²) in [6.07, 6.45) is 3.69. The third-order valence-corrected chi connectivity index (χ3v) is 3.29. The fourth-order valence-corrected chi connectivity index (χ4v) is 2.03. The van der Waals surface area contributed by atoms with E-state index in [-0.39, 0.29) is 17.8 Å². The summed E-state index contributed by atoms with van der Waals surface area (Å²) < 4.78 is 13.0. The third-order valence-electron chi connectivity index (χ3n) is 3.29. The minimum atomic E-state index is -0.294. The number of carbonyl (C=O) groups is 1. The monoisotopic (exact) mass is 302 g/mol. The summed E-state index contributed by atoms with van der Waals surface area (Å²) in [6, 6.07) is 5.95. The zero-order valence-corrected chi connectivity index (χ0v) is 12.9. The molecule has 116 valence electrons. The molecule has 1 atom stereocenters. The number of amides is 1. The van der Waals surface area contributed by atoms with E-state index in [0.717, 1.165) is 5.56 Å². The summed E-state index contributed by atoms with van der Waals surface area (Å²) in [5.41, 5.74) is 1.26. The molecule has 1 heterocycles. The average Bonchev–Trinajstić information content (AvgIpc) is 2.53. The van der Waals surface area contributed by atoms with Crippen LogP contribution >= 0.6 is 0 Å². The Labute approximate surface area is 129 Å². The molecule has 0 aliphatic carbocycles. The molecule has 0 aliphatic heterocycles. The van der Waals surface area contributed by atoms with Gasteiger partial charge in [-0.15, -0.1) is 0 Å². The van der Waals surface area contributed by atoms with E-state index in [4.69, 9.17) is 0 Å². The molecule has 0 bridgehead atoms. The van der Waals surface area contributed by atoms with E-state index >= 15 is 0 Å². The van der Waals surface area contributed by atoms with Crippen molar-refractivity contribution in [2.45, 2.75) is 19.4 Å². The molecule has 6 heteroatoms. The highest BCUT2D eigenvalue weighted by molar-refractivity contribution is 5.93. The van der Waals surface area contributed by atoms with E-state index in [0.29, 0.717) is 17.9 Å². The van der Waals surface area contributed by atoms with Crippen molar-refractivity contribution in [3.8, 4) is 0 Å². The Morgan fingerprint density at radius 1 is 1.23 bits per heavy atom. The predicted molar refractivity (Wildman–Crippen MR) is 83.3 cm³/mol. The van der Waals surface area contributed by atoms with Crippen LogP contribution < -0.4 is 10.2 Å². The second kappa shape index (κ2) is 6.98. The molecule has 1 aromatic heterocycles. The first-order chi connectivity index (χ1) is 10.5. The Kier molecular flexibility index (Phi) is 5.04. The van der Waals surface area contributed by atoms with Gasteiger partial charge in [-0.3, -0.25) is 4.79 Å². The second-order valence-corrected chi connectivity index (χ2v) is 5.15. The smallest absolute Gasteiger partial charge is 0.254 e. The van der Waals surface area contributed by atoms with Crippen molar-refractivity contribution < 1.29 is 9.18 Å². The average molecular weight is 302 g/mol. The Morgan fingerprint density at radius 3 is 2.32 bits per heavy atom. The van der Waals surface area contributed by atoms with Crippen LogP contribution in [0.4, 0.5) is 10.3 Å². The highest BCUT2D eigenvalue weighted by Gasteiger charge is 2.15. The van der Waals surface area contributed by atoms with Crippen LogP contribution in [0.25, 0.3) is 0 Å². The lowest BCUT2D eigenvalue weighted by molar-refractivity contribution is 0.0935. The summed E-state index contributed by atoms with van der Waals surface area (Å²) in [5.74, 6) is 0.00112. The number of nitrogens with zero attached hydrogens (tertiary/aromatic N) is 3. The van der Waals surface area contributed by atoms with Crippen molar-refractivity contribution in [1.82, 2.24) is 15.3 Å². The van der Waals surface area contributed by atoms with Crippen LogP contribution in [0.2, 0.25) is 0 Å². The molecule has 0 fully saturated rings. The number of hydrogen-bond donors (Lipinski definition) is 1. The van der Waals surface area contributed by atoms with E-state index in [1.54, 1.807) is 17.0 Å². The van der Waals surface area contributed by atoms with Crippen LogP contribution in [-0.2, 0) is 0 Å². The van der Waals surface area contributed by atoms with Gasteiger partial charge >= 0.3 is 0 Å². The molecule has 0 saturated carbocycles. The van der Waals surface area contributed by atoms with Crippen LogP contribution in [0.15, 0.2) is 36.7 Å². The lowest BCUT2D eigenvalue weighted by Gasteiger charge is -2.17.